The van der Waals surface area contributed by atoms with E-state index in [9.17, 15) is 0 Å². The number of hydrogen-bond acceptors (Lipinski definition) is 1. The molecular formula is C3H10O2. The Kier molecular flexibility index (Phi) is 6.95. The average Bonchev–Trinajstić information content (AvgIpc) is 1.46. The first kappa shape index (κ1) is 8.87. The summed E-state index contributed by atoms with van der Waals surface area (Å²) >= 11 is 0. The van der Waals surface area contributed by atoms with Gasteiger partial charge in [0.15, 0.2) is 0 Å². The molecule has 0 spiro atoms. The van der Waals surface area contributed by atoms with Crippen LogP contribution in [0.1, 0.15) is 7.43 Å². The van der Waals surface area contributed by atoms with Crippen LogP contribution in [0.3, 0.4) is 0 Å². The van der Waals surface area contributed by atoms with E-state index in [4.69, 9.17) is 0 Å². The molecule has 1 aliphatic heterocycles. The van der Waals surface area contributed by atoms with Gasteiger partial charge in [0, 0.05) is 0 Å². The van der Waals surface area contributed by atoms with Crippen LogP contribution in [0.4, 0.5) is 0 Å². The predicted octanol–water partition coefficient (Wildman–Crippen LogP) is -0.172. The molecule has 2 nitrogen and oxygen atoms in total. The normalized spacial score (nSPS) is 14.4. The molecule has 0 unspecified atom stereocenters. The monoisotopic (exact) mass is 78.1 g/mol. The molecule has 0 aromatic heterocycles. The Balaban J connectivity index is 0. The molecular weight excluding hydrogens is 68.0 g/mol. The molecule has 0 atom stereocenters. The summed E-state index contributed by atoms with van der Waals surface area (Å²) in [6.45, 7) is 2.00. The molecule has 0 aromatic rings. The molecule has 1 fully saturated rings. The van der Waals surface area contributed by atoms with Crippen LogP contribution in [0.15, 0.2) is 0 Å². The maximum atomic E-state index is 4.50. The Morgan fingerprint density at radius 3 is 1.40 bits per heavy atom. The van der Waals surface area contributed by atoms with E-state index in [1.54, 1.807) is 0 Å². The van der Waals surface area contributed by atoms with Crippen LogP contribution in [0.2, 0.25) is 0 Å². The lowest BCUT2D eigenvalue weighted by Gasteiger charge is -1.24. The Bertz CT molecular complexity index is 9.61. The molecule has 1 saturated heterocycles. The lowest BCUT2D eigenvalue weighted by Crippen LogP contribution is -1.20. The van der Waals surface area contributed by atoms with E-state index in [0.29, 0.717) is 0 Å². The predicted molar refractivity (Wildman–Crippen MR) is 21.2 cm³/mol. The number of hydrogen-bond donors (Lipinski definition) is 0. The smallest absolute Gasteiger partial charge is 0.0701 e. The van der Waals surface area contributed by atoms with Crippen LogP contribution in [-0.2, 0) is 4.74 Å². The Labute approximate surface area is 32.1 Å². The molecule has 0 aromatic carbocycles. The summed E-state index contributed by atoms with van der Waals surface area (Å²) in [7, 11) is 0. The zero-order valence-corrected chi connectivity index (χ0v) is 2.32. The Morgan fingerprint density at radius 1 is 1.20 bits per heavy atom. The topological polar surface area (TPSA) is 44.0 Å². The minimum absolute atomic E-state index is 0. The molecule has 0 aliphatic carbocycles. The lowest BCUT2D eigenvalue weighted by molar-refractivity contribution is 0.475. The van der Waals surface area contributed by atoms with Gasteiger partial charge in [0.1, 0.15) is 0 Å². The van der Waals surface area contributed by atoms with Crippen molar-refractivity contribution in [1.29, 1.82) is 0 Å². The minimum Gasteiger partial charge on any atom is -0.412 e. The number of rotatable bonds is 0. The highest BCUT2D eigenvalue weighted by Gasteiger charge is 1.94. The maximum Gasteiger partial charge on any atom is 0.0701 e. The third-order valence-corrected chi connectivity index (χ3v) is 0.204. The largest absolute Gasteiger partial charge is 0.412 e. The van der Waals surface area contributed by atoms with Crippen molar-refractivity contribution in [3.05, 3.63) is 0 Å². The van der Waals surface area contributed by atoms with E-state index < -0.39 is 0 Å². The van der Waals surface area contributed by atoms with E-state index in [1.807, 2.05) is 0 Å². The van der Waals surface area contributed by atoms with Crippen molar-refractivity contribution in [2.75, 3.05) is 13.2 Å². The van der Waals surface area contributed by atoms with Gasteiger partial charge in [-0.05, 0) is 0 Å². The fourth-order valence-corrected chi connectivity index (χ4v) is 0. The lowest BCUT2D eigenvalue weighted by atomic mass is 11.0. The second-order valence-electron chi connectivity index (χ2n) is 0.612. The maximum absolute atomic E-state index is 4.50. The zero-order valence-electron chi connectivity index (χ0n) is 2.32. The van der Waals surface area contributed by atoms with Crippen LogP contribution in [-0.4, -0.2) is 18.7 Å². The van der Waals surface area contributed by atoms with E-state index in [1.165, 1.54) is 0 Å². The molecule has 5 heavy (non-hydrogen) atoms. The molecule has 1 heterocycles. The van der Waals surface area contributed by atoms with Gasteiger partial charge in [-0.15, -0.1) is 0 Å². The number of ether oxygens (including phenoxy) is 1. The average molecular weight is 78.1 g/mol. The standard InChI is InChI=1S/C2H4O.CH4.H2O/c1-2-3-1;;/h1-2H2;1H4;1H2. The SMILES string of the molecule is C.C1CO1.O. The zero-order chi connectivity index (χ0) is 2.12. The second kappa shape index (κ2) is 3.92. The van der Waals surface area contributed by atoms with Crippen LogP contribution in [0, 0.1) is 0 Å². The molecule has 1 aliphatic rings. The quantitative estimate of drug-likeness (QED) is 0.371. The van der Waals surface area contributed by atoms with Crippen LogP contribution < -0.4 is 0 Å². The highest BCUT2D eigenvalue weighted by Crippen LogP contribution is 1.84. The number of epoxide rings is 1. The van der Waals surface area contributed by atoms with Gasteiger partial charge in [-0.25, -0.2) is 0 Å². The molecule has 34 valence electrons. The highest BCUT2D eigenvalue weighted by atomic mass is 16.6. The molecule has 0 radical (unpaired) electrons. The van der Waals surface area contributed by atoms with Crippen molar-refractivity contribution >= 4 is 0 Å². The van der Waals surface area contributed by atoms with Crippen molar-refractivity contribution in [3.8, 4) is 0 Å². The molecule has 2 N–H and O–H groups in total. The first-order chi connectivity index (χ1) is 1.50. The fraction of sp³-hybridized carbons (Fsp3) is 1.00. The Hall–Kier alpha value is -0.0800. The van der Waals surface area contributed by atoms with Gasteiger partial charge < -0.3 is 10.2 Å². The second-order valence-corrected chi connectivity index (χ2v) is 0.612. The van der Waals surface area contributed by atoms with Gasteiger partial charge in [0.25, 0.3) is 0 Å². The van der Waals surface area contributed by atoms with Gasteiger partial charge in [-0.2, -0.15) is 0 Å². The first-order valence-electron chi connectivity index (χ1n) is 1.08. The van der Waals surface area contributed by atoms with E-state index in [-0.39, 0.29) is 12.9 Å². The Morgan fingerprint density at radius 2 is 1.40 bits per heavy atom. The summed E-state index contributed by atoms with van der Waals surface area (Å²) in [5, 5.41) is 0. The van der Waals surface area contributed by atoms with Crippen molar-refractivity contribution in [1.82, 2.24) is 0 Å². The van der Waals surface area contributed by atoms with Gasteiger partial charge in [-0.1, -0.05) is 7.43 Å². The first-order valence-corrected chi connectivity index (χ1v) is 1.08. The summed E-state index contributed by atoms with van der Waals surface area (Å²) in [5.41, 5.74) is 0. The van der Waals surface area contributed by atoms with Crippen LogP contribution in [0.5, 0.6) is 0 Å². The van der Waals surface area contributed by atoms with Gasteiger partial charge in [0.2, 0.25) is 0 Å². The van der Waals surface area contributed by atoms with Crippen molar-refractivity contribution < 1.29 is 10.2 Å². The summed E-state index contributed by atoms with van der Waals surface area (Å²) < 4.78 is 4.50. The van der Waals surface area contributed by atoms with Crippen molar-refractivity contribution in [2.24, 2.45) is 0 Å². The summed E-state index contributed by atoms with van der Waals surface area (Å²) in [5.74, 6) is 0. The van der Waals surface area contributed by atoms with E-state index in [2.05, 4.69) is 4.74 Å². The van der Waals surface area contributed by atoms with E-state index >= 15 is 0 Å². The molecule has 0 bridgehead atoms. The van der Waals surface area contributed by atoms with Gasteiger partial charge in [0.05, 0.1) is 13.2 Å². The third kappa shape index (κ3) is 17.1. The summed E-state index contributed by atoms with van der Waals surface area (Å²) in [6.07, 6.45) is 0. The van der Waals surface area contributed by atoms with Gasteiger partial charge in [-0.3, -0.25) is 0 Å². The summed E-state index contributed by atoms with van der Waals surface area (Å²) in [6, 6.07) is 0. The van der Waals surface area contributed by atoms with E-state index in [0.717, 1.165) is 13.2 Å². The van der Waals surface area contributed by atoms with Gasteiger partial charge >= 0.3 is 0 Å². The summed E-state index contributed by atoms with van der Waals surface area (Å²) in [4.78, 5) is 0. The van der Waals surface area contributed by atoms with Crippen molar-refractivity contribution in [2.45, 2.75) is 7.43 Å². The molecule has 2 heteroatoms. The molecule has 0 saturated carbocycles. The fourth-order valence-electron chi connectivity index (χ4n) is 0. The third-order valence-electron chi connectivity index (χ3n) is 0.204. The van der Waals surface area contributed by atoms with Crippen molar-refractivity contribution in [3.63, 3.8) is 0 Å². The van der Waals surface area contributed by atoms with Crippen LogP contribution in [0.25, 0.3) is 0 Å². The molecule has 1 rings (SSSR count). The highest BCUT2D eigenvalue weighted by molar-refractivity contribution is 4.36. The minimum atomic E-state index is 0. The molecule has 0 amide bonds. The van der Waals surface area contributed by atoms with Crippen LogP contribution >= 0.6 is 0 Å².